The normalized spacial score (nSPS) is 11.3. The van der Waals surface area contributed by atoms with E-state index in [1.807, 2.05) is 0 Å². The minimum Gasteiger partial charge on any atom is -0.493 e. The molecule has 0 aliphatic heterocycles. The number of unbranched alkanes of at least 4 members (excludes halogenated alkanes) is 10. The van der Waals surface area contributed by atoms with Crippen LogP contribution >= 0.6 is 0 Å². The molecular weight excluding hydrogens is 392 g/mol. The summed E-state index contributed by atoms with van der Waals surface area (Å²) in [7, 11) is 0. The van der Waals surface area contributed by atoms with E-state index in [2.05, 4.69) is 62.4 Å². The molecule has 0 N–H and O–H groups in total. The standard InChI is InChI=1S/C30H42O2/c1-3-5-7-9-11-15-21-31-27-23-26-20-19-25-17-13-14-18-28(25)30(26)29(24-27)32-22-16-12-10-8-6-4-2/h13-14,17-20,23-24H,3-12,15-16,21-22H2,1-2H3. The van der Waals surface area contributed by atoms with Crippen LogP contribution < -0.4 is 9.47 Å². The monoisotopic (exact) mass is 434 g/mol. The van der Waals surface area contributed by atoms with Gasteiger partial charge in [-0.25, -0.2) is 0 Å². The molecule has 0 atom stereocenters. The van der Waals surface area contributed by atoms with Crippen LogP contribution in [0.4, 0.5) is 0 Å². The molecule has 0 aromatic heterocycles. The van der Waals surface area contributed by atoms with Crippen LogP contribution in [0.15, 0.2) is 48.5 Å². The molecular formula is C30H42O2. The van der Waals surface area contributed by atoms with E-state index in [1.54, 1.807) is 0 Å². The van der Waals surface area contributed by atoms with Crippen molar-refractivity contribution in [3.63, 3.8) is 0 Å². The van der Waals surface area contributed by atoms with Gasteiger partial charge in [0.2, 0.25) is 0 Å². The third-order valence-corrected chi connectivity index (χ3v) is 6.30. The van der Waals surface area contributed by atoms with E-state index in [9.17, 15) is 0 Å². The molecule has 174 valence electrons. The van der Waals surface area contributed by atoms with Crippen LogP contribution in [0.2, 0.25) is 0 Å². The first kappa shape index (κ1) is 24.4. The van der Waals surface area contributed by atoms with Crippen LogP contribution in [0.1, 0.15) is 90.9 Å². The van der Waals surface area contributed by atoms with Crippen LogP contribution in [0.3, 0.4) is 0 Å². The van der Waals surface area contributed by atoms with Gasteiger partial charge >= 0.3 is 0 Å². The molecule has 0 aliphatic carbocycles. The number of rotatable bonds is 16. The number of fused-ring (bicyclic) bond motifs is 3. The van der Waals surface area contributed by atoms with Gasteiger partial charge in [0.05, 0.1) is 13.2 Å². The third kappa shape index (κ3) is 7.43. The first-order chi connectivity index (χ1) is 15.8. The molecule has 0 spiro atoms. The molecule has 0 saturated heterocycles. The third-order valence-electron chi connectivity index (χ3n) is 6.30. The molecule has 0 bridgehead atoms. The number of hydrogen-bond acceptors (Lipinski definition) is 2. The summed E-state index contributed by atoms with van der Waals surface area (Å²) in [5.41, 5.74) is 0. The first-order valence-electron chi connectivity index (χ1n) is 13.0. The minimum atomic E-state index is 0.769. The van der Waals surface area contributed by atoms with Crippen molar-refractivity contribution in [2.75, 3.05) is 13.2 Å². The van der Waals surface area contributed by atoms with Gasteiger partial charge in [-0.1, -0.05) is 114 Å². The lowest BCUT2D eigenvalue weighted by atomic mass is 10.0. The van der Waals surface area contributed by atoms with Crippen LogP contribution in [0.5, 0.6) is 11.5 Å². The van der Waals surface area contributed by atoms with E-state index in [0.717, 1.165) is 37.6 Å². The zero-order valence-electron chi connectivity index (χ0n) is 20.3. The Hall–Kier alpha value is -2.22. The lowest BCUT2D eigenvalue weighted by molar-refractivity contribution is 0.292. The molecule has 32 heavy (non-hydrogen) atoms. The van der Waals surface area contributed by atoms with Gasteiger partial charge in [0.15, 0.2) is 0 Å². The molecule has 3 aromatic carbocycles. The fourth-order valence-electron chi connectivity index (χ4n) is 4.41. The second-order valence-electron chi connectivity index (χ2n) is 9.04. The Labute approximate surface area is 195 Å². The molecule has 2 nitrogen and oxygen atoms in total. The van der Waals surface area contributed by atoms with Crippen LogP contribution in [-0.2, 0) is 0 Å². The average Bonchev–Trinajstić information content (AvgIpc) is 2.82. The Balaban J connectivity index is 1.67. The Morgan fingerprint density at radius 2 is 1.16 bits per heavy atom. The van der Waals surface area contributed by atoms with Gasteiger partial charge in [0.25, 0.3) is 0 Å². The summed E-state index contributed by atoms with van der Waals surface area (Å²) in [6.45, 7) is 6.08. The van der Waals surface area contributed by atoms with E-state index in [0.29, 0.717) is 0 Å². The van der Waals surface area contributed by atoms with Crippen molar-refractivity contribution in [3.8, 4) is 11.5 Å². The average molecular weight is 435 g/mol. The summed E-state index contributed by atoms with van der Waals surface area (Å²) in [6.07, 6.45) is 15.3. The molecule has 0 radical (unpaired) electrons. The topological polar surface area (TPSA) is 18.5 Å². The Kier molecular flexibility index (Phi) is 10.7. The summed E-state index contributed by atoms with van der Waals surface area (Å²) < 4.78 is 12.5. The lowest BCUT2D eigenvalue weighted by Gasteiger charge is -2.15. The van der Waals surface area contributed by atoms with Gasteiger partial charge in [-0.15, -0.1) is 0 Å². The maximum absolute atomic E-state index is 6.37. The quantitative estimate of drug-likeness (QED) is 0.165. The summed E-state index contributed by atoms with van der Waals surface area (Å²) in [5, 5.41) is 4.92. The molecule has 2 heteroatoms. The predicted octanol–water partition coefficient (Wildman–Crippen LogP) is 9.47. The maximum atomic E-state index is 6.37. The van der Waals surface area contributed by atoms with Crippen LogP contribution in [0, 0.1) is 0 Å². The van der Waals surface area contributed by atoms with E-state index < -0.39 is 0 Å². The molecule has 0 heterocycles. The van der Waals surface area contributed by atoms with E-state index in [-0.39, 0.29) is 0 Å². The van der Waals surface area contributed by atoms with Crippen LogP contribution in [0.25, 0.3) is 21.5 Å². The number of hydrogen-bond donors (Lipinski definition) is 0. The maximum Gasteiger partial charge on any atom is 0.131 e. The van der Waals surface area contributed by atoms with Crippen molar-refractivity contribution in [1.29, 1.82) is 0 Å². The Morgan fingerprint density at radius 1 is 0.562 bits per heavy atom. The zero-order valence-corrected chi connectivity index (χ0v) is 20.3. The van der Waals surface area contributed by atoms with Crippen molar-refractivity contribution in [2.45, 2.75) is 90.9 Å². The molecule has 0 amide bonds. The molecule has 0 unspecified atom stereocenters. The van der Waals surface area contributed by atoms with E-state index >= 15 is 0 Å². The zero-order chi connectivity index (χ0) is 22.4. The highest BCUT2D eigenvalue weighted by Gasteiger charge is 2.10. The lowest BCUT2D eigenvalue weighted by Crippen LogP contribution is -2.01. The second-order valence-corrected chi connectivity index (χ2v) is 9.04. The summed E-state index contributed by atoms with van der Waals surface area (Å²) >= 11 is 0. The minimum absolute atomic E-state index is 0.769. The van der Waals surface area contributed by atoms with E-state index in [1.165, 1.54) is 85.8 Å². The summed E-state index contributed by atoms with van der Waals surface area (Å²) in [6, 6.07) is 17.3. The van der Waals surface area contributed by atoms with Crippen molar-refractivity contribution >= 4 is 21.5 Å². The predicted molar refractivity (Wildman–Crippen MR) is 139 cm³/mol. The van der Waals surface area contributed by atoms with Gasteiger partial charge in [0.1, 0.15) is 11.5 Å². The van der Waals surface area contributed by atoms with Gasteiger partial charge in [-0.3, -0.25) is 0 Å². The van der Waals surface area contributed by atoms with E-state index in [4.69, 9.17) is 9.47 Å². The van der Waals surface area contributed by atoms with Crippen LogP contribution in [-0.4, -0.2) is 13.2 Å². The SMILES string of the molecule is CCCCCCCCOc1cc(OCCCCCCCC)c2c(ccc3ccccc32)c1. The first-order valence-corrected chi connectivity index (χ1v) is 13.0. The van der Waals surface area contributed by atoms with Crippen molar-refractivity contribution in [2.24, 2.45) is 0 Å². The summed E-state index contributed by atoms with van der Waals surface area (Å²) in [5.74, 6) is 1.89. The highest BCUT2D eigenvalue weighted by molar-refractivity contribution is 6.11. The molecule has 3 aromatic rings. The van der Waals surface area contributed by atoms with Crippen molar-refractivity contribution < 1.29 is 9.47 Å². The Morgan fingerprint density at radius 3 is 1.88 bits per heavy atom. The van der Waals surface area contributed by atoms with Crippen molar-refractivity contribution in [3.05, 3.63) is 48.5 Å². The Bertz CT molecular complexity index is 931. The van der Waals surface area contributed by atoms with Gasteiger partial charge in [-0.05, 0) is 35.1 Å². The van der Waals surface area contributed by atoms with Crippen molar-refractivity contribution in [1.82, 2.24) is 0 Å². The molecule has 0 saturated carbocycles. The second kappa shape index (κ2) is 14.0. The smallest absolute Gasteiger partial charge is 0.131 e. The molecule has 3 rings (SSSR count). The van der Waals surface area contributed by atoms with Gasteiger partial charge in [0, 0.05) is 11.5 Å². The van der Waals surface area contributed by atoms with Gasteiger partial charge < -0.3 is 9.47 Å². The highest BCUT2D eigenvalue weighted by atomic mass is 16.5. The number of benzene rings is 3. The highest BCUT2D eigenvalue weighted by Crippen LogP contribution is 2.37. The fourth-order valence-corrected chi connectivity index (χ4v) is 4.41. The molecule has 0 fully saturated rings. The summed E-state index contributed by atoms with van der Waals surface area (Å²) in [4.78, 5) is 0. The number of ether oxygens (including phenoxy) is 2. The molecule has 0 aliphatic rings. The largest absolute Gasteiger partial charge is 0.493 e. The van der Waals surface area contributed by atoms with Gasteiger partial charge in [-0.2, -0.15) is 0 Å². The fraction of sp³-hybridized carbons (Fsp3) is 0.533.